The van der Waals surface area contributed by atoms with Gasteiger partial charge in [-0.15, -0.1) is 0 Å². The molecule has 1 aromatic carbocycles. The van der Waals surface area contributed by atoms with Crippen LogP contribution in [0.5, 0.6) is 0 Å². The van der Waals surface area contributed by atoms with Gasteiger partial charge in [-0.1, -0.05) is 31.5 Å². The Balaban J connectivity index is 2.67. The molecule has 2 atom stereocenters. The first kappa shape index (κ1) is 26.9. The summed E-state index contributed by atoms with van der Waals surface area (Å²) < 4.78 is 10.4. The van der Waals surface area contributed by atoms with Crippen molar-refractivity contribution in [1.82, 2.24) is 10.6 Å². The second kappa shape index (κ2) is 13.3. The Labute approximate surface area is 189 Å². The second-order valence-electron chi connectivity index (χ2n) is 8.47. The van der Waals surface area contributed by atoms with E-state index in [-0.39, 0.29) is 25.4 Å². The number of hydrogen-bond acceptors (Lipinski definition) is 6. The minimum absolute atomic E-state index is 0.193. The van der Waals surface area contributed by atoms with E-state index in [0.717, 1.165) is 12.8 Å². The molecule has 32 heavy (non-hydrogen) atoms. The lowest BCUT2D eigenvalue weighted by atomic mass is 10.1. The maximum absolute atomic E-state index is 12.5. The number of alkyl carbamates (subject to hydrolysis) is 1. The van der Waals surface area contributed by atoms with Gasteiger partial charge in [0.15, 0.2) is 0 Å². The van der Waals surface area contributed by atoms with Gasteiger partial charge in [0.05, 0.1) is 19.1 Å². The number of carbonyl (C=O) groups is 4. The lowest BCUT2D eigenvalue weighted by Crippen LogP contribution is -2.46. The molecule has 9 heteroatoms. The number of esters is 1. The van der Waals surface area contributed by atoms with Crippen molar-refractivity contribution >= 4 is 29.6 Å². The molecule has 0 unspecified atom stereocenters. The van der Waals surface area contributed by atoms with E-state index in [2.05, 4.69) is 16.0 Å². The van der Waals surface area contributed by atoms with Gasteiger partial charge in [0.2, 0.25) is 11.8 Å². The molecular formula is C23H35N3O6. The van der Waals surface area contributed by atoms with Crippen LogP contribution in [0.1, 0.15) is 60.3 Å². The van der Waals surface area contributed by atoms with E-state index in [1.54, 1.807) is 52.0 Å². The molecule has 1 rings (SSSR count). The highest BCUT2D eigenvalue weighted by molar-refractivity contribution is 5.97. The molecule has 9 nitrogen and oxygen atoms in total. The molecule has 0 radical (unpaired) electrons. The first-order valence-corrected chi connectivity index (χ1v) is 10.8. The molecular weight excluding hydrogens is 414 g/mol. The molecule has 3 amide bonds. The lowest BCUT2D eigenvalue weighted by Gasteiger charge is -2.23. The van der Waals surface area contributed by atoms with Gasteiger partial charge in [-0.25, -0.2) is 4.79 Å². The number of unbranched alkanes of at least 4 members (excludes halogenated alkanes) is 1. The van der Waals surface area contributed by atoms with Crippen molar-refractivity contribution < 1.29 is 28.7 Å². The van der Waals surface area contributed by atoms with Gasteiger partial charge in [0.1, 0.15) is 11.6 Å². The minimum atomic E-state index is -0.844. The van der Waals surface area contributed by atoms with Crippen molar-refractivity contribution in [1.29, 1.82) is 0 Å². The zero-order chi connectivity index (χ0) is 24.1. The summed E-state index contributed by atoms with van der Waals surface area (Å²) in [5, 5.41) is 7.83. The zero-order valence-corrected chi connectivity index (χ0v) is 19.5. The molecule has 0 saturated carbocycles. The molecule has 0 bridgehead atoms. The van der Waals surface area contributed by atoms with Crippen LogP contribution in [-0.4, -0.2) is 48.2 Å². The summed E-state index contributed by atoms with van der Waals surface area (Å²) in [5.41, 5.74) is -0.124. The molecule has 3 N–H and O–H groups in total. The highest BCUT2D eigenvalue weighted by atomic mass is 16.6. The van der Waals surface area contributed by atoms with Crippen LogP contribution in [0.2, 0.25) is 0 Å². The summed E-state index contributed by atoms with van der Waals surface area (Å²) in [4.78, 5) is 49.0. The average Bonchev–Trinajstić information content (AvgIpc) is 2.67. The highest BCUT2D eigenvalue weighted by Crippen LogP contribution is 2.10. The summed E-state index contributed by atoms with van der Waals surface area (Å²) in [5.74, 6) is -1.41. The third-order valence-electron chi connectivity index (χ3n) is 4.14. The third-order valence-corrected chi connectivity index (χ3v) is 4.14. The van der Waals surface area contributed by atoms with E-state index < -0.39 is 35.7 Å². The van der Waals surface area contributed by atoms with Gasteiger partial charge < -0.3 is 25.4 Å². The molecule has 0 aromatic heterocycles. The summed E-state index contributed by atoms with van der Waals surface area (Å²) in [6.45, 7) is 8.92. The second-order valence-corrected chi connectivity index (χ2v) is 8.47. The predicted molar refractivity (Wildman–Crippen MR) is 121 cm³/mol. The van der Waals surface area contributed by atoms with E-state index in [0.29, 0.717) is 5.69 Å². The lowest BCUT2D eigenvalue weighted by molar-refractivity contribution is -0.144. The maximum Gasteiger partial charge on any atom is 0.407 e. The number of nitrogens with one attached hydrogen (secondary N) is 3. The Morgan fingerprint density at radius 3 is 2.25 bits per heavy atom. The fourth-order valence-electron chi connectivity index (χ4n) is 2.60. The minimum Gasteiger partial charge on any atom is -0.466 e. The van der Waals surface area contributed by atoms with Gasteiger partial charge in [-0.05, 0) is 46.2 Å². The van der Waals surface area contributed by atoms with Crippen LogP contribution in [0.15, 0.2) is 30.3 Å². The molecule has 0 saturated heterocycles. The summed E-state index contributed by atoms with van der Waals surface area (Å²) in [7, 11) is 0. The number of benzene rings is 1. The molecule has 0 aliphatic rings. The van der Waals surface area contributed by atoms with Crippen molar-refractivity contribution in [2.24, 2.45) is 0 Å². The Hall–Kier alpha value is -3.10. The molecule has 0 aliphatic carbocycles. The Morgan fingerprint density at radius 1 is 1.00 bits per heavy atom. The standard InChI is InChI=1S/C23H35N3O6/c1-6-7-13-31-20(28)15-18(26-22(30)32-23(3,4)5)14-19(27)24-16(2)21(29)25-17-11-9-8-10-12-17/h8-12,16,18H,6-7,13-15H2,1-5H3,(H,24,27)(H,25,29)(H,26,30)/t16-,18+/m0/s1. The maximum atomic E-state index is 12.5. The quantitative estimate of drug-likeness (QED) is 0.352. The van der Waals surface area contributed by atoms with Crippen LogP contribution in [-0.2, 0) is 23.9 Å². The van der Waals surface area contributed by atoms with E-state index in [4.69, 9.17) is 9.47 Å². The smallest absolute Gasteiger partial charge is 0.407 e. The van der Waals surface area contributed by atoms with E-state index in [1.165, 1.54) is 0 Å². The van der Waals surface area contributed by atoms with E-state index >= 15 is 0 Å². The van der Waals surface area contributed by atoms with Crippen LogP contribution in [0.4, 0.5) is 10.5 Å². The van der Waals surface area contributed by atoms with Crippen molar-refractivity contribution in [3.8, 4) is 0 Å². The van der Waals surface area contributed by atoms with Gasteiger partial charge >= 0.3 is 12.1 Å². The Kier molecular flexibility index (Phi) is 11.2. The van der Waals surface area contributed by atoms with Gasteiger partial charge in [-0.3, -0.25) is 14.4 Å². The molecule has 178 valence electrons. The van der Waals surface area contributed by atoms with Crippen LogP contribution in [0, 0.1) is 0 Å². The van der Waals surface area contributed by atoms with Crippen LogP contribution >= 0.6 is 0 Å². The van der Waals surface area contributed by atoms with Crippen molar-refractivity contribution in [2.75, 3.05) is 11.9 Å². The number of carbonyl (C=O) groups excluding carboxylic acids is 4. The Bertz CT molecular complexity index is 761. The van der Waals surface area contributed by atoms with Crippen molar-refractivity contribution in [3.63, 3.8) is 0 Å². The normalized spacial score (nSPS) is 12.8. The first-order valence-electron chi connectivity index (χ1n) is 10.8. The summed E-state index contributed by atoms with van der Waals surface area (Å²) >= 11 is 0. The fraction of sp³-hybridized carbons (Fsp3) is 0.565. The van der Waals surface area contributed by atoms with Crippen LogP contribution in [0.3, 0.4) is 0 Å². The number of rotatable bonds is 11. The third kappa shape index (κ3) is 11.9. The fourth-order valence-corrected chi connectivity index (χ4v) is 2.60. The van der Waals surface area contributed by atoms with Crippen LogP contribution < -0.4 is 16.0 Å². The topological polar surface area (TPSA) is 123 Å². The molecule has 0 heterocycles. The zero-order valence-electron chi connectivity index (χ0n) is 19.5. The number of para-hydroxylation sites is 1. The van der Waals surface area contributed by atoms with Gasteiger partial charge in [0, 0.05) is 12.1 Å². The van der Waals surface area contributed by atoms with Crippen LogP contribution in [0.25, 0.3) is 0 Å². The monoisotopic (exact) mass is 449 g/mol. The van der Waals surface area contributed by atoms with Gasteiger partial charge in [0.25, 0.3) is 0 Å². The molecule has 0 aliphatic heterocycles. The van der Waals surface area contributed by atoms with Crippen molar-refractivity contribution in [3.05, 3.63) is 30.3 Å². The van der Waals surface area contributed by atoms with E-state index in [1.807, 2.05) is 13.0 Å². The van der Waals surface area contributed by atoms with Crippen molar-refractivity contribution in [2.45, 2.75) is 78.0 Å². The predicted octanol–water partition coefficient (Wildman–Crippen LogP) is 3.15. The number of hydrogen-bond donors (Lipinski definition) is 3. The average molecular weight is 450 g/mol. The number of amides is 3. The molecule has 0 fully saturated rings. The van der Waals surface area contributed by atoms with Gasteiger partial charge in [-0.2, -0.15) is 0 Å². The number of ether oxygens (including phenoxy) is 2. The summed E-state index contributed by atoms with van der Waals surface area (Å²) in [6.07, 6.45) is 0.445. The first-order chi connectivity index (χ1) is 15.0. The number of anilines is 1. The highest BCUT2D eigenvalue weighted by Gasteiger charge is 2.25. The largest absolute Gasteiger partial charge is 0.466 e. The molecule has 1 aromatic rings. The SMILES string of the molecule is CCCCOC(=O)C[C@@H](CC(=O)N[C@@H](C)C(=O)Nc1ccccc1)NC(=O)OC(C)(C)C. The molecule has 0 spiro atoms. The Morgan fingerprint density at radius 2 is 1.66 bits per heavy atom. The van der Waals surface area contributed by atoms with E-state index in [9.17, 15) is 19.2 Å². The summed E-state index contributed by atoms with van der Waals surface area (Å²) in [6, 6.07) is 7.20.